The zero-order valence-electron chi connectivity index (χ0n) is 15.0. The lowest BCUT2D eigenvalue weighted by atomic mass is 9.85. The fourth-order valence-electron chi connectivity index (χ4n) is 3.13. The Labute approximate surface area is 170 Å². The quantitative estimate of drug-likeness (QED) is 0.587. The van der Waals surface area contributed by atoms with Gasteiger partial charge in [-0.2, -0.15) is 26.3 Å². The first-order chi connectivity index (χ1) is 13.7. The van der Waals surface area contributed by atoms with Crippen LogP contribution < -0.4 is 0 Å². The van der Waals surface area contributed by atoms with Crippen molar-refractivity contribution in [2.75, 3.05) is 0 Å². The number of oxime groups is 1. The fourth-order valence-corrected chi connectivity index (χ4v) is 3.36. The van der Waals surface area contributed by atoms with Crippen LogP contribution in [0, 0.1) is 6.92 Å². The van der Waals surface area contributed by atoms with Crippen molar-refractivity contribution in [2.24, 2.45) is 5.16 Å². The molecule has 2 aromatic carbocycles. The summed E-state index contributed by atoms with van der Waals surface area (Å²) in [5.74, 6) is -1.22. The number of benzene rings is 2. The number of hydrogen-bond acceptors (Lipinski definition) is 3. The predicted octanol–water partition coefficient (Wildman–Crippen LogP) is 5.95. The van der Waals surface area contributed by atoms with E-state index in [1.165, 1.54) is 25.1 Å². The van der Waals surface area contributed by atoms with Crippen LogP contribution in [0.2, 0.25) is 5.02 Å². The van der Waals surface area contributed by atoms with Gasteiger partial charge in [-0.05, 0) is 48.4 Å². The van der Waals surface area contributed by atoms with Gasteiger partial charge < -0.3 is 9.94 Å². The van der Waals surface area contributed by atoms with Crippen LogP contribution >= 0.6 is 11.6 Å². The molecule has 1 N–H and O–H groups in total. The maximum Gasteiger partial charge on any atom is 0.435 e. The number of carboxylic acid groups (broad SMARTS) is 1. The van der Waals surface area contributed by atoms with E-state index in [0.29, 0.717) is 12.1 Å². The molecule has 11 heteroatoms. The van der Waals surface area contributed by atoms with E-state index < -0.39 is 46.5 Å². The van der Waals surface area contributed by atoms with Crippen LogP contribution in [0.4, 0.5) is 26.3 Å². The Kier molecular flexibility index (Phi) is 5.26. The number of hydrogen-bond donors (Lipinski definition) is 1. The summed E-state index contributed by atoms with van der Waals surface area (Å²) in [4.78, 5) is 15.8. The summed E-state index contributed by atoms with van der Waals surface area (Å²) in [6.45, 7) is 1.45. The van der Waals surface area contributed by atoms with Crippen LogP contribution in [0.5, 0.6) is 0 Å². The Morgan fingerprint density at radius 1 is 1.13 bits per heavy atom. The van der Waals surface area contributed by atoms with Crippen molar-refractivity contribution in [2.45, 2.75) is 31.3 Å². The Hall–Kier alpha value is -2.75. The number of alkyl halides is 6. The van der Waals surface area contributed by atoms with Gasteiger partial charge in [0.2, 0.25) is 0 Å². The zero-order valence-corrected chi connectivity index (χ0v) is 15.8. The van der Waals surface area contributed by atoms with Gasteiger partial charge in [-0.25, -0.2) is 4.79 Å². The highest BCUT2D eigenvalue weighted by molar-refractivity contribution is 6.30. The van der Waals surface area contributed by atoms with E-state index in [9.17, 15) is 31.1 Å². The Morgan fingerprint density at radius 3 is 2.33 bits per heavy atom. The molecule has 2 aromatic rings. The zero-order chi connectivity index (χ0) is 22.5. The summed E-state index contributed by atoms with van der Waals surface area (Å²) >= 11 is 5.65. The molecule has 0 radical (unpaired) electrons. The molecular weight excluding hydrogens is 440 g/mol. The SMILES string of the molecule is Cc1cc(C2=NO[C@](c3cc(Cl)cc(C(F)(F)F)c3)(C(F)(F)F)C2)ccc1C(=O)O. The normalized spacial score (nSPS) is 19.4. The Morgan fingerprint density at radius 2 is 1.80 bits per heavy atom. The van der Waals surface area contributed by atoms with Crippen LogP contribution in [-0.2, 0) is 16.6 Å². The fraction of sp³-hybridized carbons (Fsp3) is 0.263. The lowest BCUT2D eigenvalue weighted by molar-refractivity contribution is -0.276. The van der Waals surface area contributed by atoms with Crippen molar-refractivity contribution < 1.29 is 41.1 Å². The Balaban J connectivity index is 2.06. The second kappa shape index (κ2) is 7.19. The van der Waals surface area contributed by atoms with E-state index in [4.69, 9.17) is 21.5 Å². The van der Waals surface area contributed by atoms with Gasteiger partial charge in [0.25, 0.3) is 5.60 Å². The summed E-state index contributed by atoms with van der Waals surface area (Å²) in [5, 5.41) is 12.0. The molecule has 1 aliphatic rings. The van der Waals surface area contributed by atoms with E-state index in [1.807, 2.05) is 0 Å². The number of carbonyl (C=O) groups is 1. The van der Waals surface area contributed by atoms with Crippen LogP contribution in [0.1, 0.15) is 39.0 Å². The molecule has 0 bridgehead atoms. The molecule has 0 amide bonds. The van der Waals surface area contributed by atoms with Gasteiger partial charge >= 0.3 is 18.3 Å². The summed E-state index contributed by atoms with van der Waals surface area (Å²) in [6.07, 6.45) is -11.0. The van der Waals surface area contributed by atoms with Crippen LogP contribution in [0.25, 0.3) is 0 Å². The van der Waals surface area contributed by atoms with Gasteiger partial charge in [0.1, 0.15) is 0 Å². The predicted molar refractivity (Wildman–Crippen MR) is 94.6 cm³/mol. The summed E-state index contributed by atoms with van der Waals surface area (Å²) in [7, 11) is 0. The van der Waals surface area contributed by atoms with Gasteiger partial charge in [0, 0.05) is 17.0 Å². The van der Waals surface area contributed by atoms with Crippen molar-refractivity contribution >= 4 is 23.3 Å². The average Bonchev–Trinajstić information content (AvgIpc) is 3.06. The molecule has 4 nitrogen and oxygen atoms in total. The van der Waals surface area contributed by atoms with E-state index in [1.54, 1.807) is 0 Å². The van der Waals surface area contributed by atoms with Gasteiger partial charge in [0.05, 0.1) is 16.8 Å². The van der Waals surface area contributed by atoms with Gasteiger partial charge in [-0.1, -0.05) is 22.8 Å². The van der Waals surface area contributed by atoms with Crippen LogP contribution in [0.15, 0.2) is 41.6 Å². The van der Waals surface area contributed by atoms with Crippen molar-refractivity contribution in [3.05, 3.63) is 69.2 Å². The second-order valence-electron chi connectivity index (χ2n) is 6.69. The molecular formula is C19H12ClF6NO3. The number of nitrogens with zero attached hydrogens (tertiary/aromatic N) is 1. The highest BCUT2D eigenvalue weighted by Gasteiger charge is 2.62. The van der Waals surface area contributed by atoms with Crippen molar-refractivity contribution in [1.82, 2.24) is 0 Å². The molecule has 0 unspecified atom stereocenters. The molecule has 160 valence electrons. The van der Waals surface area contributed by atoms with Crippen molar-refractivity contribution in [3.8, 4) is 0 Å². The van der Waals surface area contributed by atoms with Crippen molar-refractivity contribution in [3.63, 3.8) is 0 Å². The molecule has 0 spiro atoms. The third kappa shape index (κ3) is 3.83. The molecule has 1 aliphatic heterocycles. The van der Waals surface area contributed by atoms with Gasteiger partial charge in [0.15, 0.2) is 0 Å². The summed E-state index contributed by atoms with van der Waals surface area (Å²) in [6, 6.07) is 5.36. The molecule has 0 fully saturated rings. The van der Waals surface area contributed by atoms with E-state index in [2.05, 4.69) is 5.16 Å². The molecule has 30 heavy (non-hydrogen) atoms. The van der Waals surface area contributed by atoms with E-state index in [-0.39, 0.29) is 22.4 Å². The third-order valence-electron chi connectivity index (χ3n) is 4.67. The monoisotopic (exact) mass is 451 g/mol. The minimum Gasteiger partial charge on any atom is -0.478 e. The number of aromatic carboxylic acids is 1. The molecule has 0 saturated carbocycles. The van der Waals surface area contributed by atoms with E-state index >= 15 is 0 Å². The number of carboxylic acids is 1. The first kappa shape index (κ1) is 21.9. The molecule has 3 rings (SSSR count). The maximum atomic E-state index is 14.0. The van der Waals surface area contributed by atoms with Gasteiger partial charge in [-0.3, -0.25) is 0 Å². The first-order valence-corrected chi connectivity index (χ1v) is 8.67. The van der Waals surface area contributed by atoms with E-state index in [0.717, 1.165) is 6.07 Å². The maximum absolute atomic E-state index is 14.0. The average molecular weight is 452 g/mol. The first-order valence-electron chi connectivity index (χ1n) is 8.29. The van der Waals surface area contributed by atoms with Crippen molar-refractivity contribution in [1.29, 1.82) is 0 Å². The molecule has 1 atom stereocenters. The second-order valence-corrected chi connectivity index (χ2v) is 7.13. The lowest BCUT2D eigenvalue weighted by Gasteiger charge is -2.30. The largest absolute Gasteiger partial charge is 0.478 e. The van der Waals surface area contributed by atoms with Crippen LogP contribution in [0.3, 0.4) is 0 Å². The highest BCUT2D eigenvalue weighted by Crippen LogP contribution is 2.50. The standard InChI is InChI=1S/C19H12ClF6NO3/c1-9-4-10(2-3-14(9)16(28)29)15-8-17(30-27-15,19(24,25)26)11-5-12(18(21,22)23)7-13(20)6-11/h2-7H,8H2,1H3,(H,28,29)/t17-/m1/s1. The molecule has 0 saturated heterocycles. The molecule has 0 aromatic heterocycles. The minimum absolute atomic E-state index is 0.0509. The van der Waals surface area contributed by atoms with Crippen LogP contribution in [-0.4, -0.2) is 23.0 Å². The summed E-state index contributed by atoms with van der Waals surface area (Å²) in [5.41, 5.74) is -5.19. The number of aryl methyl sites for hydroxylation is 1. The molecule has 0 aliphatic carbocycles. The smallest absolute Gasteiger partial charge is 0.435 e. The Bertz CT molecular complexity index is 1050. The summed E-state index contributed by atoms with van der Waals surface area (Å²) < 4.78 is 81.3. The minimum atomic E-state index is -5.12. The number of rotatable bonds is 3. The third-order valence-corrected chi connectivity index (χ3v) is 4.89. The van der Waals surface area contributed by atoms with Gasteiger partial charge in [-0.15, -0.1) is 0 Å². The molecule has 1 heterocycles. The highest BCUT2D eigenvalue weighted by atomic mass is 35.5. The number of halogens is 7. The lowest BCUT2D eigenvalue weighted by Crippen LogP contribution is -2.43. The topological polar surface area (TPSA) is 58.9 Å².